The molecule has 0 radical (unpaired) electrons. The van der Waals surface area contributed by atoms with Gasteiger partial charge in [0, 0.05) is 19.2 Å². The lowest BCUT2D eigenvalue weighted by Gasteiger charge is -2.31. The molecular weight excluding hydrogens is 421 g/mol. The zero-order valence-electron chi connectivity index (χ0n) is 18.3. The molecule has 0 spiro atoms. The van der Waals surface area contributed by atoms with Crippen molar-refractivity contribution in [2.24, 2.45) is 0 Å². The zero-order chi connectivity index (χ0) is 23.3. The van der Waals surface area contributed by atoms with Crippen LogP contribution in [0.2, 0.25) is 0 Å². The van der Waals surface area contributed by atoms with Gasteiger partial charge in [0.15, 0.2) is 0 Å². The Labute approximate surface area is 182 Å². The van der Waals surface area contributed by atoms with Crippen molar-refractivity contribution in [3.63, 3.8) is 0 Å². The molecule has 0 saturated carbocycles. The van der Waals surface area contributed by atoms with Crippen molar-refractivity contribution < 1.29 is 22.4 Å². The summed E-state index contributed by atoms with van der Waals surface area (Å²) >= 11 is 0. The Hall–Kier alpha value is -2.94. The minimum Gasteiger partial charge on any atom is -0.357 e. The maximum Gasteiger partial charge on any atom is 0.244 e. The molecular formula is C22H28FN3O4S. The van der Waals surface area contributed by atoms with E-state index in [0.717, 1.165) is 21.7 Å². The van der Waals surface area contributed by atoms with Crippen LogP contribution >= 0.6 is 0 Å². The van der Waals surface area contributed by atoms with Crippen LogP contribution in [-0.2, 0) is 26.2 Å². The second-order valence-electron chi connectivity index (χ2n) is 7.52. The van der Waals surface area contributed by atoms with Crippen LogP contribution in [0.5, 0.6) is 0 Å². The molecule has 0 aromatic heterocycles. The number of carbonyl (C=O) groups excluding carboxylic acids is 2. The van der Waals surface area contributed by atoms with E-state index < -0.39 is 40.2 Å². The molecule has 0 bridgehead atoms. The van der Waals surface area contributed by atoms with E-state index in [1.165, 1.54) is 37.1 Å². The first-order valence-electron chi connectivity index (χ1n) is 9.74. The summed E-state index contributed by atoms with van der Waals surface area (Å²) in [4.78, 5) is 26.7. The van der Waals surface area contributed by atoms with Crippen LogP contribution < -0.4 is 9.62 Å². The fourth-order valence-corrected chi connectivity index (χ4v) is 4.14. The highest BCUT2D eigenvalue weighted by Crippen LogP contribution is 2.22. The maximum atomic E-state index is 14.2. The molecule has 1 N–H and O–H groups in total. The summed E-state index contributed by atoms with van der Waals surface area (Å²) in [6.07, 6.45) is 1.02. The van der Waals surface area contributed by atoms with E-state index in [1.807, 2.05) is 19.9 Å². The number of benzene rings is 2. The lowest BCUT2D eigenvalue weighted by molar-refractivity contribution is -0.139. The van der Waals surface area contributed by atoms with Gasteiger partial charge in [0.25, 0.3) is 0 Å². The Kier molecular flexibility index (Phi) is 7.78. The molecule has 1 unspecified atom stereocenters. The van der Waals surface area contributed by atoms with Crippen molar-refractivity contribution in [1.82, 2.24) is 10.2 Å². The molecule has 2 amide bonds. The Morgan fingerprint density at radius 2 is 1.68 bits per heavy atom. The van der Waals surface area contributed by atoms with Gasteiger partial charge in [0.05, 0.1) is 11.9 Å². The van der Waals surface area contributed by atoms with Gasteiger partial charge in [0.2, 0.25) is 21.8 Å². The highest BCUT2D eigenvalue weighted by atomic mass is 32.2. The summed E-state index contributed by atoms with van der Waals surface area (Å²) < 4.78 is 40.2. The monoisotopic (exact) mass is 449 g/mol. The largest absolute Gasteiger partial charge is 0.357 e. The number of hydrogen-bond acceptors (Lipinski definition) is 4. The SMILES string of the molecule is CNC(=O)C(C)N(Cc1ccccc1F)C(=O)CN(c1cc(C)cc(C)c1)S(C)(=O)=O. The molecule has 2 aromatic rings. The van der Waals surface area contributed by atoms with Gasteiger partial charge in [-0.25, -0.2) is 12.8 Å². The third kappa shape index (κ3) is 6.27. The van der Waals surface area contributed by atoms with E-state index in [0.29, 0.717) is 5.69 Å². The van der Waals surface area contributed by atoms with E-state index in [-0.39, 0.29) is 12.1 Å². The van der Waals surface area contributed by atoms with Gasteiger partial charge in [0.1, 0.15) is 18.4 Å². The lowest BCUT2D eigenvalue weighted by atomic mass is 10.1. The number of hydrogen-bond donors (Lipinski definition) is 1. The van der Waals surface area contributed by atoms with Gasteiger partial charge in [-0.3, -0.25) is 13.9 Å². The van der Waals surface area contributed by atoms with Crippen molar-refractivity contribution >= 4 is 27.5 Å². The Bertz CT molecular complexity index is 1050. The van der Waals surface area contributed by atoms with Crippen LogP contribution in [0.25, 0.3) is 0 Å². The van der Waals surface area contributed by atoms with E-state index in [9.17, 15) is 22.4 Å². The third-order valence-corrected chi connectivity index (χ3v) is 6.03. The summed E-state index contributed by atoms with van der Waals surface area (Å²) in [7, 11) is -2.37. The summed E-state index contributed by atoms with van der Waals surface area (Å²) in [5.41, 5.74) is 2.27. The molecule has 7 nitrogen and oxygen atoms in total. The number of halogens is 1. The average Bonchev–Trinajstić information content (AvgIpc) is 2.68. The Morgan fingerprint density at radius 3 is 2.19 bits per heavy atom. The number of amides is 2. The van der Waals surface area contributed by atoms with Crippen LogP contribution in [0.1, 0.15) is 23.6 Å². The number of rotatable bonds is 8. The van der Waals surface area contributed by atoms with Gasteiger partial charge in [-0.15, -0.1) is 0 Å². The quantitative estimate of drug-likeness (QED) is 0.670. The van der Waals surface area contributed by atoms with Crippen molar-refractivity contribution in [2.45, 2.75) is 33.4 Å². The van der Waals surface area contributed by atoms with Crippen LogP contribution in [-0.4, -0.2) is 51.0 Å². The predicted octanol–water partition coefficient (Wildman–Crippen LogP) is 2.37. The number of aryl methyl sites for hydroxylation is 2. The first-order valence-corrected chi connectivity index (χ1v) is 11.6. The summed E-state index contributed by atoms with van der Waals surface area (Å²) in [5.74, 6) is -1.58. The second kappa shape index (κ2) is 9.91. The van der Waals surface area contributed by atoms with Gasteiger partial charge < -0.3 is 10.2 Å². The van der Waals surface area contributed by atoms with E-state index in [1.54, 1.807) is 18.2 Å². The predicted molar refractivity (Wildman–Crippen MR) is 119 cm³/mol. The molecule has 2 aromatic carbocycles. The molecule has 31 heavy (non-hydrogen) atoms. The highest BCUT2D eigenvalue weighted by Gasteiger charge is 2.30. The number of sulfonamides is 1. The molecule has 0 saturated heterocycles. The summed E-state index contributed by atoms with van der Waals surface area (Å²) in [6.45, 7) is 4.48. The molecule has 168 valence electrons. The molecule has 0 aliphatic rings. The molecule has 2 rings (SSSR count). The highest BCUT2D eigenvalue weighted by molar-refractivity contribution is 7.92. The molecule has 0 aliphatic heterocycles. The number of likely N-dealkylation sites (N-methyl/N-ethyl adjacent to an activating group) is 1. The van der Waals surface area contributed by atoms with Crippen molar-refractivity contribution in [1.29, 1.82) is 0 Å². The summed E-state index contributed by atoms with van der Waals surface area (Å²) in [5, 5.41) is 2.47. The third-order valence-electron chi connectivity index (χ3n) is 4.89. The second-order valence-corrected chi connectivity index (χ2v) is 9.43. The van der Waals surface area contributed by atoms with Crippen LogP contribution in [0.4, 0.5) is 10.1 Å². The van der Waals surface area contributed by atoms with Gasteiger partial charge in [-0.1, -0.05) is 24.3 Å². The minimum atomic E-state index is -3.80. The van der Waals surface area contributed by atoms with E-state index in [4.69, 9.17) is 0 Å². The standard InChI is InChI=1S/C22H28FN3O4S/c1-15-10-16(2)12-19(11-15)26(31(5,29)30)14-21(27)25(17(3)22(28)24-4)13-18-8-6-7-9-20(18)23/h6-12,17H,13-14H2,1-5H3,(H,24,28). The molecule has 1 atom stereocenters. The minimum absolute atomic E-state index is 0.176. The van der Waals surface area contributed by atoms with Crippen molar-refractivity contribution in [2.75, 3.05) is 24.2 Å². The van der Waals surface area contributed by atoms with E-state index in [2.05, 4.69) is 5.32 Å². The number of nitrogens with zero attached hydrogens (tertiary/aromatic N) is 2. The first-order chi connectivity index (χ1) is 14.4. The summed E-state index contributed by atoms with van der Waals surface area (Å²) in [6, 6.07) is 10.2. The van der Waals surface area contributed by atoms with Gasteiger partial charge >= 0.3 is 0 Å². The van der Waals surface area contributed by atoms with Gasteiger partial charge in [-0.05, 0) is 50.1 Å². The smallest absolute Gasteiger partial charge is 0.244 e. The fraction of sp³-hybridized carbons (Fsp3) is 0.364. The van der Waals surface area contributed by atoms with E-state index >= 15 is 0 Å². The topological polar surface area (TPSA) is 86.8 Å². The van der Waals surface area contributed by atoms with Gasteiger partial charge in [-0.2, -0.15) is 0 Å². The number of anilines is 1. The molecule has 9 heteroatoms. The first kappa shape index (κ1) is 24.3. The van der Waals surface area contributed by atoms with Crippen molar-refractivity contribution in [3.05, 3.63) is 65.0 Å². The molecule has 0 fully saturated rings. The lowest BCUT2D eigenvalue weighted by Crippen LogP contribution is -2.50. The van der Waals surface area contributed by atoms with Crippen LogP contribution in [0, 0.1) is 19.7 Å². The Morgan fingerprint density at radius 1 is 1.10 bits per heavy atom. The average molecular weight is 450 g/mol. The van der Waals surface area contributed by atoms with Crippen LogP contribution in [0.3, 0.4) is 0 Å². The number of carbonyl (C=O) groups is 2. The van der Waals surface area contributed by atoms with Crippen LogP contribution in [0.15, 0.2) is 42.5 Å². The molecule has 0 heterocycles. The zero-order valence-corrected chi connectivity index (χ0v) is 19.2. The number of nitrogens with one attached hydrogen (secondary N) is 1. The normalized spacial score (nSPS) is 12.2. The van der Waals surface area contributed by atoms with Crippen molar-refractivity contribution in [3.8, 4) is 0 Å². The fourth-order valence-electron chi connectivity index (χ4n) is 3.31. The Balaban J connectivity index is 2.43. The molecule has 0 aliphatic carbocycles. The maximum absolute atomic E-state index is 14.2.